The van der Waals surface area contributed by atoms with E-state index in [2.05, 4.69) is 9.97 Å². The quantitative estimate of drug-likeness (QED) is 0.907. The Morgan fingerprint density at radius 2 is 2.00 bits per heavy atom. The van der Waals surface area contributed by atoms with E-state index < -0.39 is 0 Å². The third-order valence-corrected chi connectivity index (χ3v) is 2.55. The topological polar surface area (TPSA) is 72.1 Å². The van der Waals surface area contributed by atoms with Gasteiger partial charge in [-0.15, -0.1) is 0 Å². The smallest absolute Gasteiger partial charge is 0.274 e. The zero-order valence-electron chi connectivity index (χ0n) is 10.4. The summed E-state index contributed by atoms with van der Waals surface area (Å²) < 4.78 is 12.8. The fourth-order valence-electron chi connectivity index (χ4n) is 1.62. The Bertz CT molecular complexity index is 585. The molecule has 0 saturated carbocycles. The zero-order valence-corrected chi connectivity index (χ0v) is 10.4. The van der Waals surface area contributed by atoms with Crippen LogP contribution >= 0.6 is 0 Å². The third-order valence-electron chi connectivity index (χ3n) is 2.55. The number of hydrogen-bond donors (Lipinski definition) is 1. The van der Waals surface area contributed by atoms with Crippen molar-refractivity contribution >= 4 is 11.7 Å². The maximum atomic E-state index is 12.8. The summed E-state index contributed by atoms with van der Waals surface area (Å²) in [6, 6.07) is 5.97. The molecule has 2 rings (SSSR count). The van der Waals surface area contributed by atoms with Gasteiger partial charge < -0.3 is 10.6 Å². The molecule has 2 N–H and O–H groups in total. The van der Waals surface area contributed by atoms with Crippen molar-refractivity contribution in [1.82, 2.24) is 14.9 Å². The van der Waals surface area contributed by atoms with Gasteiger partial charge in [-0.3, -0.25) is 9.78 Å². The molecule has 98 valence electrons. The number of aromatic nitrogens is 2. The molecule has 0 unspecified atom stereocenters. The second kappa shape index (κ2) is 5.43. The van der Waals surface area contributed by atoms with Gasteiger partial charge in [-0.1, -0.05) is 12.1 Å². The molecule has 0 bridgehead atoms. The van der Waals surface area contributed by atoms with Crippen LogP contribution in [0.5, 0.6) is 0 Å². The molecule has 0 radical (unpaired) electrons. The molecule has 2 aromatic rings. The van der Waals surface area contributed by atoms with Crippen LogP contribution in [0, 0.1) is 5.82 Å². The molecule has 1 amide bonds. The first-order valence-electron chi connectivity index (χ1n) is 5.63. The number of nitrogens with zero attached hydrogens (tertiary/aromatic N) is 3. The van der Waals surface area contributed by atoms with Crippen molar-refractivity contribution < 1.29 is 9.18 Å². The lowest BCUT2D eigenvalue weighted by Crippen LogP contribution is -2.27. The highest BCUT2D eigenvalue weighted by Gasteiger charge is 2.14. The fourth-order valence-corrected chi connectivity index (χ4v) is 1.62. The number of carbonyl (C=O) groups is 1. The van der Waals surface area contributed by atoms with Crippen LogP contribution in [0.15, 0.2) is 36.7 Å². The van der Waals surface area contributed by atoms with Crippen molar-refractivity contribution in [2.24, 2.45) is 0 Å². The van der Waals surface area contributed by atoms with E-state index in [1.807, 2.05) is 0 Å². The molecule has 19 heavy (non-hydrogen) atoms. The summed E-state index contributed by atoms with van der Waals surface area (Å²) in [5.74, 6) is -0.399. The lowest BCUT2D eigenvalue weighted by molar-refractivity contribution is 0.0779. The van der Waals surface area contributed by atoms with Gasteiger partial charge in [0.15, 0.2) is 0 Å². The predicted octanol–water partition coefficient (Wildman–Crippen LogP) is 1.47. The number of nitrogen functional groups attached to an aromatic ring is 1. The van der Waals surface area contributed by atoms with E-state index in [4.69, 9.17) is 5.73 Å². The molecule has 1 heterocycles. The van der Waals surface area contributed by atoms with Crippen LogP contribution in [0.1, 0.15) is 16.1 Å². The highest BCUT2D eigenvalue weighted by molar-refractivity contribution is 5.92. The number of hydrogen-bond acceptors (Lipinski definition) is 4. The van der Waals surface area contributed by atoms with Gasteiger partial charge in [-0.2, -0.15) is 0 Å². The SMILES string of the molecule is CN(Cc1ccc(F)cc1)C(=O)c1cncc(N)n1. The molecule has 0 fully saturated rings. The van der Waals surface area contributed by atoms with Gasteiger partial charge in [0.2, 0.25) is 0 Å². The lowest BCUT2D eigenvalue weighted by Gasteiger charge is -2.16. The van der Waals surface area contributed by atoms with Crippen LogP contribution in [0.25, 0.3) is 0 Å². The summed E-state index contributed by atoms with van der Waals surface area (Å²) in [4.78, 5) is 21.3. The minimum absolute atomic E-state index is 0.185. The third kappa shape index (κ3) is 3.25. The monoisotopic (exact) mass is 260 g/mol. The Hall–Kier alpha value is -2.50. The van der Waals surface area contributed by atoms with Gasteiger partial charge >= 0.3 is 0 Å². The standard InChI is InChI=1S/C13H13FN4O/c1-18(8-9-2-4-10(14)5-3-9)13(19)11-6-16-7-12(15)17-11/h2-7H,8H2,1H3,(H2,15,17). The number of amides is 1. The van der Waals surface area contributed by atoms with Crippen molar-refractivity contribution in [2.75, 3.05) is 12.8 Å². The molecule has 0 spiro atoms. The van der Waals surface area contributed by atoms with Crippen molar-refractivity contribution in [3.8, 4) is 0 Å². The fraction of sp³-hybridized carbons (Fsp3) is 0.154. The number of anilines is 1. The van der Waals surface area contributed by atoms with E-state index in [1.165, 1.54) is 29.4 Å². The summed E-state index contributed by atoms with van der Waals surface area (Å²) >= 11 is 0. The molecule has 0 aliphatic rings. The first kappa shape index (κ1) is 12.9. The van der Waals surface area contributed by atoms with Gasteiger partial charge in [0, 0.05) is 13.6 Å². The number of benzene rings is 1. The molecule has 0 saturated heterocycles. The molecular formula is C13H13FN4O. The molecule has 1 aromatic heterocycles. The first-order chi connectivity index (χ1) is 9.06. The summed E-state index contributed by atoms with van der Waals surface area (Å²) in [5, 5.41) is 0. The van der Waals surface area contributed by atoms with Crippen molar-refractivity contribution in [3.05, 3.63) is 53.7 Å². The highest BCUT2D eigenvalue weighted by Crippen LogP contribution is 2.08. The van der Waals surface area contributed by atoms with Crippen LogP contribution in [0.3, 0.4) is 0 Å². The Kier molecular flexibility index (Phi) is 3.70. The van der Waals surface area contributed by atoms with E-state index in [1.54, 1.807) is 19.2 Å². The second-order valence-electron chi connectivity index (χ2n) is 4.12. The largest absolute Gasteiger partial charge is 0.382 e. The van der Waals surface area contributed by atoms with Crippen LogP contribution in [0.2, 0.25) is 0 Å². The summed E-state index contributed by atoms with van der Waals surface area (Å²) in [7, 11) is 1.64. The highest BCUT2D eigenvalue weighted by atomic mass is 19.1. The van der Waals surface area contributed by atoms with Gasteiger partial charge in [0.1, 0.15) is 17.3 Å². The van der Waals surface area contributed by atoms with E-state index in [0.29, 0.717) is 6.54 Å². The van der Waals surface area contributed by atoms with Crippen molar-refractivity contribution in [3.63, 3.8) is 0 Å². The number of carbonyl (C=O) groups excluding carboxylic acids is 1. The maximum absolute atomic E-state index is 12.8. The normalized spacial score (nSPS) is 10.2. The van der Waals surface area contributed by atoms with E-state index in [0.717, 1.165) is 5.56 Å². The number of rotatable bonds is 3. The maximum Gasteiger partial charge on any atom is 0.274 e. The zero-order chi connectivity index (χ0) is 13.8. The van der Waals surface area contributed by atoms with Crippen LogP contribution < -0.4 is 5.73 Å². The van der Waals surface area contributed by atoms with Crippen LogP contribution in [0.4, 0.5) is 10.2 Å². The van der Waals surface area contributed by atoms with E-state index in [-0.39, 0.29) is 23.2 Å². The minimum atomic E-state index is -0.306. The lowest BCUT2D eigenvalue weighted by atomic mass is 10.2. The molecule has 0 aliphatic carbocycles. The molecule has 6 heteroatoms. The summed E-state index contributed by atoms with van der Waals surface area (Å²) in [5.41, 5.74) is 6.49. The van der Waals surface area contributed by atoms with Gasteiger partial charge in [0.05, 0.1) is 12.4 Å². The minimum Gasteiger partial charge on any atom is -0.382 e. The molecular weight excluding hydrogens is 247 g/mol. The van der Waals surface area contributed by atoms with Gasteiger partial charge in [-0.05, 0) is 17.7 Å². The average Bonchev–Trinajstić information content (AvgIpc) is 2.40. The van der Waals surface area contributed by atoms with Crippen molar-refractivity contribution in [2.45, 2.75) is 6.54 Å². The molecule has 5 nitrogen and oxygen atoms in total. The van der Waals surface area contributed by atoms with E-state index >= 15 is 0 Å². The van der Waals surface area contributed by atoms with Gasteiger partial charge in [-0.25, -0.2) is 9.37 Å². The molecule has 0 aliphatic heterocycles. The van der Waals surface area contributed by atoms with Crippen LogP contribution in [-0.2, 0) is 6.54 Å². The number of nitrogens with two attached hydrogens (primary N) is 1. The summed E-state index contributed by atoms with van der Waals surface area (Å²) in [6.45, 7) is 0.357. The van der Waals surface area contributed by atoms with Gasteiger partial charge in [0.25, 0.3) is 5.91 Å². The van der Waals surface area contributed by atoms with Crippen LogP contribution in [-0.4, -0.2) is 27.8 Å². The molecule has 1 aromatic carbocycles. The Labute approximate surface area is 109 Å². The number of halogens is 1. The Morgan fingerprint density at radius 3 is 2.63 bits per heavy atom. The summed E-state index contributed by atoms with van der Waals surface area (Å²) in [6.07, 6.45) is 2.73. The average molecular weight is 260 g/mol. The Balaban J connectivity index is 2.09. The second-order valence-corrected chi connectivity index (χ2v) is 4.12. The molecule has 0 atom stereocenters. The first-order valence-corrected chi connectivity index (χ1v) is 5.63. The predicted molar refractivity (Wildman–Crippen MR) is 68.6 cm³/mol. The van der Waals surface area contributed by atoms with Crippen molar-refractivity contribution in [1.29, 1.82) is 0 Å². The Morgan fingerprint density at radius 1 is 1.32 bits per heavy atom. The van der Waals surface area contributed by atoms with E-state index in [9.17, 15) is 9.18 Å².